The van der Waals surface area contributed by atoms with E-state index in [2.05, 4.69) is 10.1 Å². The van der Waals surface area contributed by atoms with Gasteiger partial charge in [0.25, 0.3) is 5.54 Å². The number of ketones is 1. The van der Waals surface area contributed by atoms with Crippen LogP contribution in [-0.4, -0.2) is 37.0 Å². The zero-order chi connectivity index (χ0) is 13.6. The van der Waals surface area contributed by atoms with Crippen LogP contribution in [0.1, 0.15) is 17.3 Å². The predicted molar refractivity (Wildman–Crippen MR) is 64.1 cm³/mol. The van der Waals surface area contributed by atoms with Gasteiger partial charge in [-0.1, -0.05) is 30.3 Å². The van der Waals surface area contributed by atoms with E-state index in [9.17, 15) is 10.0 Å². The molecule has 0 radical (unpaired) electrons. The Balaban J connectivity index is 3.13. The van der Waals surface area contributed by atoms with Gasteiger partial charge in [0, 0.05) is 19.6 Å². The highest BCUT2D eigenvalue weighted by Crippen LogP contribution is 2.18. The molecule has 0 saturated carbocycles. The molecule has 0 amide bonds. The summed E-state index contributed by atoms with van der Waals surface area (Å²) in [6.45, 7) is 1.37. The Morgan fingerprint density at radius 3 is 2.50 bits per heavy atom. The molecule has 1 unspecified atom stereocenters. The van der Waals surface area contributed by atoms with E-state index in [1.54, 1.807) is 30.3 Å². The smallest absolute Gasteiger partial charge is 0.284 e. The van der Waals surface area contributed by atoms with Crippen molar-refractivity contribution in [3.8, 4) is 0 Å². The van der Waals surface area contributed by atoms with Gasteiger partial charge in [0.05, 0.1) is 0 Å². The number of benzene rings is 1. The lowest BCUT2D eigenvalue weighted by Crippen LogP contribution is -2.48. The maximum atomic E-state index is 12.3. The molecule has 0 aliphatic rings. The van der Waals surface area contributed by atoms with Crippen LogP contribution in [0.25, 0.3) is 0 Å². The topological polar surface area (TPSA) is 74.0 Å². The van der Waals surface area contributed by atoms with Crippen LogP contribution in [0, 0.1) is 5.21 Å². The van der Waals surface area contributed by atoms with Gasteiger partial charge in [0.1, 0.15) is 13.7 Å². The Kier molecular flexibility index (Phi) is 4.79. The largest absolute Gasteiger partial charge is 0.596 e. The molecule has 0 aliphatic heterocycles. The van der Waals surface area contributed by atoms with Crippen molar-refractivity contribution in [3.63, 3.8) is 0 Å². The molecule has 1 rings (SSSR count). The first kappa shape index (κ1) is 14.1. The van der Waals surface area contributed by atoms with Crippen LogP contribution in [-0.2, 0) is 9.57 Å². The summed E-state index contributed by atoms with van der Waals surface area (Å²) in [5, 5.41) is 15.0. The Labute approximate surface area is 105 Å². The first-order chi connectivity index (χ1) is 8.56. The Hall–Kier alpha value is -1.95. The summed E-state index contributed by atoms with van der Waals surface area (Å²) in [6.07, 6.45) is 0. The summed E-state index contributed by atoms with van der Waals surface area (Å²) in [4.78, 5) is 17.0. The summed E-state index contributed by atoms with van der Waals surface area (Å²) < 4.78 is 4.94. The van der Waals surface area contributed by atoms with Crippen LogP contribution in [0.3, 0.4) is 0 Å². The van der Waals surface area contributed by atoms with Crippen molar-refractivity contribution in [1.82, 2.24) is 0 Å². The highest BCUT2D eigenvalue weighted by Gasteiger charge is 2.45. The monoisotopic (exact) mass is 252 g/mol. The minimum absolute atomic E-state index is 0.0862. The molecular formula is C12H16N2O4. The molecule has 0 aliphatic carbocycles. The normalized spacial score (nSPS) is 14.9. The zero-order valence-corrected chi connectivity index (χ0v) is 10.6. The first-order valence-electron chi connectivity index (χ1n) is 5.36. The second-order valence-electron chi connectivity index (χ2n) is 3.94. The van der Waals surface area contributed by atoms with Crippen molar-refractivity contribution < 1.29 is 19.2 Å². The Morgan fingerprint density at radius 2 is 2.00 bits per heavy atom. The fraction of sp³-hybridized carbons (Fsp3) is 0.417. The summed E-state index contributed by atoms with van der Waals surface area (Å²) in [7, 11) is 2.66. The van der Waals surface area contributed by atoms with Crippen LogP contribution in [0.5, 0.6) is 0 Å². The molecule has 1 aromatic carbocycles. The van der Waals surface area contributed by atoms with E-state index in [1.165, 1.54) is 21.1 Å². The van der Waals surface area contributed by atoms with Gasteiger partial charge in [-0.05, 0) is 4.86 Å². The highest BCUT2D eigenvalue weighted by atomic mass is 16.7. The van der Waals surface area contributed by atoms with Crippen molar-refractivity contribution in [3.05, 3.63) is 41.1 Å². The number of hydrogen-bond acceptors (Lipinski definition) is 5. The van der Waals surface area contributed by atoms with Gasteiger partial charge >= 0.3 is 0 Å². The molecule has 98 valence electrons. The Bertz CT molecular complexity index is 433. The minimum atomic E-state index is -1.45. The standard InChI is InChI=1S/C12H16N2O4/c1-12(9-17-2,14(16)13-18-3)11(15)10-7-5-4-6-8-10/h4-8H,9H2,1-3H3/b14-13-. The summed E-state index contributed by atoms with van der Waals surface area (Å²) in [5.41, 5.74) is -1.03. The van der Waals surface area contributed by atoms with E-state index in [4.69, 9.17) is 4.74 Å². The summed E-state index contributed by atoms with van der Waals surface area (Å²) in [6, 6.07) is 8.51. The van der Waals surface area contributed by atoms with Crippen molar-refractivity contribution in [1.29, 1.82) is 0 Å². The molecule has 0 heterocycles. The van der Waals surface area contributed by atoms with Gasteiger partial charge in [-0.15, -0.1) is 0 Å². The molecule has 0 N–H and O–H groups in total. The first-order valence-corrected chi connectivity index (χ1v) is 5.36. The van der Waals surface area contributed by atoms with E-state index >= 15 is 0 Å². The lowest BCUT2D eigenvalue weighted by atomic mass is 9.92. The SMILES string of the molecule is COCC(C)(C(=O)c1ccccc1)/[N+]([O-])=N/OC. The third-order valence-electron chi connectivity index (χ3n) is 2.53. The molecule has 0 saturated heterocycles. The molecule has 1 aromatic rings. The van der Waals surface area contributed by atoms with Crippen molar-refractivity contribution in [2.75, 3.05) is 20.8 Å². The molecule has 6 heteroatoms. The number of Topliss-reactive ketones (excluding diaryl/α,β-unsaturated/α-hetero) is 1. The fourth-order valence-corrected chi connectivity index (χ4v) is 1.55. The highest BCUT2D eigenvalue weighted by molar-refractivity contribution is 6.02. The molecule has 18 heavy (non-hydrogen) atoms. The minimum Gasteiger partial charge on any atom is -0.596 e. The van der Waals surface area contributed by atoms with Gasteiger partial charge in [0.2, 0.25) is 11.1 Å². The van der Waals surface area contributed by atoms with Crippen LogP contribution in [0.2, 0.25) is 0 Å². The Morgan fingerprint density at radius 1 is 1.39 bits per heavy atom. The molecule has 0 aromatic heterocycles. The third kappa shape index (κ3) is 2.84. The summed E-state index contributed by atoms with van der Waals surface area (Å²) >= 11 is 0. The van der Waals surface area contributed by atoms with Gasteiger partial charge < -0.3 is 14.8 Å². The number of methoxy groups -OCH3 is 1. The van der Waals surface area contributed by atoms with Gasteiger partial charge in [-0.25, -0.2) is 0 Å². The molecule has 0 spiro atoms. The lowest BCUT2D eigenvalue weighted by Gasteiger charge is -2.22. The lowest BCUT2D eigenvalue weighted by molar-refractivity contribution is -0.614. The van der Waals surface area contributed by atoms with E-state index in [0.29, 0.717) is 5.56 Å². The summed E-state index contributed by atoms with van der Waals surface area (Å²) in [5.74, 6) is -0.374. The number of hydrogen-bond donors (Lipinski definition) is 0. The molecule has 0 bridgehead atoms. The average Bonchev–Trinajstić information content (AvgIpc) is 2.39. The fourth-order valence-electron chi connectivity index (χ4n) is 1.55. The molecule has 6 nitrogen and oxygen atoms in total. The number of carbonyl (C=O) groups is 1. The number of carbonyl (C=O) groups excluding carboxylic acids is 1. The van der Waals surface area contributed by atoms with Crippen LogP contribution in [0.15, 0.2) is 35.6 Å². The van der Waals surface area contributed by atoms with Crippen molar-refractivity contribution >= 4 is 5.78 Å². The molecule has 1 atom stereocenters. The van der Waals surface area contributed by atoms with E-state index < -0.39 is 5.54 Å². The average molecular weight is 252 g/mol. The van der Waals surface area contributed by atoms with Crippen molar-refractivity contribution in [2.45, 2.75) is 12.5 Å². The number of nitrogens with zero attached hydrogens (tertiary/aromatic N) is 2. The van der Waals surface area contributed by atoms with Gasteiger partial charge in [-0.3, -0.25) is 4.79 Å². The predicted octanol–water partition coefficient (Wildman–Crippen LogP) is 1.80. The quantitative estimate of drug-likeness (QED) is 0.335. The second-order valence-corrected chi connectivity index (χ2v) is 3.94. The second kappa shape index (κ2) is 6.11. The van der Waals surface area contributed by atoms with E-state index in [0.717, 1.165) is 0 Å². The van der Waals surface area contributed by atoms with Crippen LogP contribution < -0.4 is 0 Å². The number of ether oxygens (including phenoxy) is 1. The third-order valence-corrected chi connectivity index (χ3v) is 2.53. The molecular weight excluding hydrogens is 236 g/mol. The molecule has 0 fully saturated rings. The number of rotatable bonds is 6. The number of hydroxylamine groups is 1. The maximum Gasteiger partial charge on any atom is 0.284 e. The van der Waals surface area contributed by atoms with Crippen molar-refractivity contribution in [2.24, 2.45) is 5.28 Å². The van der Waals surface area contributed by atoms with Crippen LogP contribution >= 0.6 is 0 Å². The van der Waals surface area contributed by atoms with Gasteiger partial charge in [-0.2, -0.15) is 0 Å². The zero-order valence-electron chi connectivity index (χ0n) is 10.6. The van der Waals surface area contributed by atoms with E-state index in [-0.39, 0.29) is 17.3 Å². The van der Waals surface area contributed by atoms with Gasteiger partial charge in [0.15, 0.2) is 0 Å². The maximum absolute atomic E-state index is 12.3. The van der Waals surface area contributed by atoms with E-state index in [1.807, 2.05) is 0 Å². The van der Waals surface area contributed by atoms with Crippen LogP contribution in [0.4, 0.5) is 0 Å².